The topological polar surface area (TPSA) is 3.24 Å². The van der Waals surface area contributed by atoms with Gasteiger partial charge in [0.1, 0.15) is 0 Å². The molecule has 0 spiro atoms. The highest BCUT2D eigenvalue weighted by Gasteiger charge is 2.38. The fourth-order valence-corrected chi connectivity index (χ4v) is 2.61. The molecule has 0 amide bonds. The van der Waals surface area contributed by atoms with Gasteiger partial charge in [0.2, 0.25) is 0 Å². The predicted octanol–water partition coefficient (Wildman–Crippen LogP) is 1.88. The zero-order valence-electron chi connectivity index (χ0n) is 7.01. The van der Waals surface area contributed by atoms with Crippen LogP contribution in [0.4, 0.5) is 0 Å². The first kappa shape index (κ1) is 6.66. The molecule has 0 aromatic carbocycles. The van der Waals surface area contributed by atoms with Crippen LogP contribution in [0.1, 0.15) is 33.1 Å². The highest BCUT2D eigenvalue weighted by Crippen LogP contribution is 2.35. The molecule has 2 saturated heterocycles. The maximum absolute atomic E-state index is 2.70. The van der Waals surface area contributed by atoms with Crippen LogP contribution in [0.25, 0.3) is 0 Å². The Bertz CT molecular complexity index is 117. The van der Waals surface area contributed by atoms with Gasteiger partial charge in [0.05, 0.1) is 0 Å². The van der Waals surface area contributed by atoms with Crippen molar-refractivity contribution in [2.75, 3.05) is 6.54 Å². The van der Waals surface area contributed by atoms with Gasteiger partial charge in [0.15, 0.2) is 0 Å². The Kier molecular flexibility index (Phi) is 1.48. The van der Waals surface area contributed by atoms with Crippen molar-refractivity contribution < 1.29 is 0 Å². The van der Waals surface area contributed by atoms with Crippen molar-refractivity contribution in [3.05, 3.63) is 0 Å². The molecule has 2 aliphatic rings. The lowest BCUT2D eigenvalue weighted by atomic mass is 10.0. The number of hydrogen-bond acceptors (Lipinski definition) is 1. The first-order valence-corrected chi connectivity index (χ1v) is 4.55. The van der Waals surface area contributed by atoms with E-state index >= 15 is 0 Å². The van der Waals surface area contributed by atoms with Gasteiger partial charge in [0, 0.05) is 12.1 Å². The quantitative estimate of drug-likeness (QED) is 0.495. The summed E-state index contributed by atoms with van der Waals surface area (Å²) in [7, 11) is 0. The maximum Gasteiger partial charge on any atom is 0.0125 e. The van der Waals surface area contributed by atoms with Gasteiger partial charge in [-0.15, -0.1) is 0 Å². The molecule has 0 saturated carbocycles. The van der Waals surface area contributed by atoms with E-state index in [0.29, 0.717) is 0 Å². The van der Waals surface area contributed by atoms with Crippen molar-refractivity contribution in [1.29, 1.82) is 0 Å². The van der Waals surface area contributed by atoms with Crippen molar-refractivity contribution in [2.45, 2.75) is 45.2 Å². The summed E-state index contributed by atoms with van der Waals surface area (Å²) in [6.07, 6.45) is 4.34. The van der Waals surface area contributed by atoms with Crippen LogP contribution in [0.2, 0.25) is 0 Å². The van der Waals surface area contributed by atoms with Gasteiger partial charge in [0.25, 0.3) is 0 Å². The lowest BCUT2D eigenvalue weighted by Crippen LogP contribution is -2.30. The minimum atomic E-state index is 0.884. The Morgan fingerprint density at radius 1 is 1.10 bits per heavy atom. The molecule has 1 nitrogen and oxygen atoms in total. The molecule has 0 aliphatic carbocycles. The molecule has 58 valence electrons. The summed E-state index contributed by atoms with van der Waals surface area (Å²) in [4.78, 5) is 2.70. The van der Waals surface area contributed by atoms with E-state index in [0.717, 1.165) is 18.0 Å². The van der Waals surface area contributed by atoms with Crippen LogP contribution in [-0.4, -0.2) is 23.5 Å². The predicted molar refractivity (Wildman–Crippen MR) is 43.0 cm³/mol. The van der Waals surface area contributed by atoms with E-state index < -0.39 is 0 Å². The fraction of sp³-hybridized carbons (Fsp3) is 1.00. The first-order valence-electron chi connectivity index (χ1n) is 4.55. The third kappa shape index (κ3) is 0.800. The smallest absolute Gasteiger partial charge is 0.0125 e. The first-order chi connectivity index (χ1) is 4.79. The SMILES string of the molecule is C[C@@H]1CCC2[C@@H](C)CCN21. The Balaban J connectivity index is 2.09. The van der Waals surface area contributed by atoms with E-state index in [-0.39, 0.29) is 0 Å². The average molecular weight is 139 g/mol. The zero-order chi connectivity index (χ0) is 7.14. The summed E-state index contributed by atoms with van der Waals surface area (Å²) in [5, 5.41) is 0. The average Bonchev–Trinajstić information content (AvgIpc) is 2.41. The van der Waals surface area contributed by atoms with Crippen LogP contribution in [0.15, 0.2) is 0 Å². The molecule has 2 rings (SSSR count). The largest absolute Gasteiger partial charge is 0.297 e. The molecule has 10 heavy (non-hydrogen) atoms. The van der Waals surface area contributed by atoms with Crippen LogP contribution >= 0.6 is 0 Å². The van der Waals surface area contributed by atoms with Crippen molar-refractivity contribution in [3.8, 4) is 0 Å². The number of hydrogen-bond donors (Lipinski definition) is 0. The summed E-state index contributed by atoms with van der Waals surface area (Å²) in [5.74, 6) is 0.977. The van der Waals surface area contributed by atoms with Crippen molar-refractivity contribution in [2.24, 2.45) is 5.92 Å². The summed E-state index contributed by atoms with van der Waals surface area (Å²) >= 11 is 0. The van der Waals surface area contributed by atoms with Crippen LogP contribution in [0.3, 0.4) is 0 Å². The molecule has 0 bridgehead atoms. The van der Waals surface area contributed by atoms with E-state index in [9.17, 15) is 0 Å². The van der Waals surface area contributed by atoms with Gasteiger partial charge in [-0.2, -0.15) is 0 Å². The molecule has 0 aromatic heterocycles. The highest BCUT2D eigenvalue weighted by molar-refractivity contribution is 4.93. The van der Waals surface area contributed by atoms with Gasteiger partial charge in [-0.1, -0.05) is 6.92 Å². The third-order valence-corrected chi connectivity index (χ3v) is 3.37. The minimum Gasteiger partial charge on any atom is -0.297 e. The molecule has 0 N–H and O–H groups in total. The van der Waals surface area contributed by atoms with Gasteiger partial charge in [-0.3, -0.25) is 4.90 Å². The Hall–Kier alpha value is -0.0400. The van der Waals surface area contributed by atoms with Crippen molar-refractivity contribution in [1.82, 2.24) is 4.90 Å². The summed E-state index contributed by atoms with van der Waals surface area (Å²) in [5.41, 5.74) is 0. The molecular weight excluding hydrogens is 122 g/mol. The second kappa shape index (κ2) is 2.23. The second-order valence-electron chi connectivity index (χ2n) is 4.00. The minimum absolute atomic E-state index is 0.884. The fourth-order valence-electron chi connectivity index (χ4n) is 2.61. The van der Waals surface area contributed by atoms with Crippen LogP contribution in [0.5, 0.6) is 0 Å². The van der Waals surface area contributed by atoms with Crippen LogP contribution in [0, 0.1) is 5.92 Å². The molecule has 2 heterocycles. The molecule has 1 unspecified atom stereocenters. The monoisotopic (exact) mass is 139 g/mol. The Morgan fingerprint density at radius 3 is 2.60 bits per heavy atom. The summed E-state index contributed by atoms with van der Waals surface area (Å²) in [6, 6.07) is 1.84. The standard InChI is InChI=1S/C9H17N/c1-7-5-6-10-8(2)3-4-9(7)10/h7-9H,3-6H2,1-2H3/t7-,8+,9?/m0/s1. The zero-order valence-corrected chi connectivity index (χ0v) is 7.01. The van der Waals surface area contributed by atoms with Crippen molar-refractivity contribution >= 4 is 0 Å². The molecule has 2 fully saturated rings. The molecule has 0 aromatic rings. The molecular formula is C9H17N. The van der Waals surface area contributed by atoms with Gasteiger partial charge in [-0.05, 0) is 38.6 Å². The number of fused-ring (bicyclic) bond motifs is 1. The molecule has 0 radical (unpaired) electrons. The number of nitrogens with zero attached hydrogens (tertiary/aromatic N) is 1. The van der Waals surface area contributed by atoms with E-state index in [1.807, 2.05) is 0 Å². The lowest BCUT2D eigenvalue weighted by molar-refractivity contribution is 0.244. The van der Waals surface area contributed by atoms with E-state index in [2.05, 4.69) is 18.7 Å². The van der Waals surface area contributed by atoms with Crippen LogP contribution < -0.4 is 0 Å². The van der Waals surface area contributed by atoms with Gasteiger partial charge in [-0.25, -0.2) is 0 Å². The van der Waals surface area contributed by atoms with E-state index in [4.69, 9.17) is 0 Å². The summed E-state index contributed by atoms with van der Waals surface area (Å²) in [6.45, 7) is 6.15. The highest BCUT2D eigenvalue weighted by atomic mass is 15.2. The molecule has 1 heteroatoms. The molecule has 2 aliphatic heterocycles. The van der Waals surface area contributed by atoms with Gasteiger partial charge >= 0.3 is 0 Å². The van der Waals surface area contributed by atoms with Crippen molar-refractivity contribution in [3.63, 3.8) is 0 Å². The van der Waals surface area contributed by atoms with E-state index in [1.54, 1.807) is 0 Å². The van der Waals surface area contributed by atoms with E-state index in [1.165, 1.54) is 25.8 Å². The number of rotatable bonds is 0. The second-order valence-corrected chi connectivity index (χ2v) is 4.00. The van der Waals surface area contributed by atoms with Gasteiger partial charge < -0.3 is 0 Å². The summed E-state index contributed by atoms with van der Waals surface area (Å²) < 4.78 is 0. The third-order valence-electron chi connectivity index (χ3n) is 3.37. The Morgan fingerprint density at radius 2 is 1.90 bits per heavy atom. The lowest BCUT2D eigenvalue weighted by Gasteiger charge is -2.21. The van der Waals surface area contributed by atoms with Crippen LogP contribution in [-0.2, 0) is 0 Å². The Labute approximate surface area is 63.4 Å². The maximum atomic E-state index is 2.70. The molecule has 3 atom stereocenters. The normalized spacial score (nSPS) is 48.0.